The van der Waals surface area contributed by atoms with E-state index in [0.717, 1.165) is 24.2 Å². The van der Waals surface area contributed by atoms with Gasteiger partial charge in [-0.1, -0.05) is 26.0 Å². The maximum absolute atomic E-state index is 10.1. The molecule has 0 amide bonds. The minimum atomic E-state index is -0.621. The molecule has 1 aromatic rings. The minimum absolute atomic E-state index is 0.218. The number of hydrogen-bond donors (Lipinski definition) is 2. The van der Waals surface area contributed by atoms with Crippen molar-refractivity contribution in [1.29, 1.82) is 0 Å². The van der Waals surface area contributed by atoms with Gasteiger partial charge in [-0.05, 0) is 36.5 Å². The van der Waals surface area contributed by atoms with Crippen molar-refractivity contribution in [1.82, 2.24) is 0 Å². The number of hydrogen-bond acceptors (Lipinski definition) is 3. The van der Waals surface area contributed by atoms with Crippen LogP contribution in [0.4, 0.5) is 0 Å². The summed E-state index contributed by atoms with van der Waals surface area (Å²) < 4.78 is 5.13. The van der Waals surface area contributed by atoms with Crippen LogP contribution in [0.2, 0.25) is 0 Å². The topological polar surface area (TPSA) is 55.5 Å². The number of methoxy groups -OCH3 is 1. The molecule has 2 unspecified atom stereocenters. The quantitative estimate of drug-likeness (QED) is 0.799. The monoisotopic (exact) mass is 237 g/mol. The molecule has 0 fully saturated rings. The third kappa shape index (κ3) is 4.36. The summed E-state index contributed by atoms with van der Waals surface area (Å²) in [6.07, 6.45) is 1.24. The number of rotatable bonds is 6. The average molecular weight is 237 g/mol. The first-order chi connectivity index (χ1) is 8.04. The number of ether oxygens (including phenoxy) is 1. The molecule has 0 aliphatic heterocycles. The zero-order chi connectivity index (χ0) is 12.8. The van der Waals surface area contributed by atoms with E-state index < -0.39 is 6.10 Å². The van der Waals surface area contributed by atoms with Crippen molar-refractivity contribution >= 4 is 0 Å². The van der Waals surface area contributed by atoms with E-state index >= 15 is 0 Å². The van der Waals surface area contributed by atoms with Crippen LogP contribution in [0.1, 0.15) is 38.4 Å². The Hall–Kier alpha value is -1.06. The SMILES string of the molecule is COc1cccc(C(O)C(N)CCC(C)C)c1. The lowest BCUT2D eigenvalue weighted by Crippen LogP contribution is -2.28. The Balaban J connectivity index is 2.63. The highest BCUT2D eigenvalue weighted by Crippen LogP contribution is 2.23. The Morgan fingerprint density at radius 2 is 2.00 bits per heavy atom. The van der Waals surface area contributed by atoms with Crippen LogP contribution >= 0.6 is 0 Å². The van der Waals surface area contributed by atoms with E-state index in [1.807, 2.05) is 24.3 Å². The van der Waals surface area contributed by atoms with Gasteiger partial charge in [-0.2, -0.15) is 0 Å². The molecule has 1 aromatic carbocycles. The van der Waals surface area contributed by atoms with E-state index in [1.54, 1.807) is 7.11 Å². The van der Waals surface area contributed by atoms with Crippen molar-refractivity contribution in [3.63, 3.8) is 0 Å². The predicted molar refractivity (Wildman–Crippen MR) is 70.0 cm³/mol. The van der Waals surface area contributed by atoms with Crippen molar-refractivity contribution in [3.05, 3.63) is 29.8 Å². The summed E-state index contributed by atoms with van der Waals surface area (Å²) in [4.78, 5) is 0. The van der Waals surface area contributed by atoms with Crippen molar-refractivity contribution < 1.29 is 9.84 Å². The Morgan fingerprint density at radius 3 is 2.59 bits per heavy atom. The Labute approximate surface area is 104 Å². The molecule has 1 rings (SSSR count). The molecule has 0 saturated heterocycles. The van der Waals surface area contributed by atoms with Gasteiger partial charge in [0.05, 0.1) is 13.2 Å². The summed E-state index contributed by atoms with van der Waals surface area (Å²) in [6, 6.07) is 7.22. The summed E-state index contributed by atoms with van der Waals surface area (Å²) in [5, 5.41) is 10.1. The van der Waals surface area contributed by atoms with E-state index in [1.165, 1.54) is 0 Å². The number of aliphatic hydroxyl groups excluding tert-OH is 1. The zero-order valence-corrected chi connectivity index (χ0v) is 10.9. The van der Waals surface area contributed by atoms with Crippen molar-refractivity contribution in [2.75, 3.05) is 7.11 Å². The highest BCUT2D eigenvalue weighted by Gasteiger charge is 2.17. The Bertz CT molecular complexity index is 339. The molecule has 0 bridgehead atoms. The molecule has 0 aliphatic carbocycles. The van der Waals surface area contributed by atoms with Gasteiger partial charge >= 0.3 is 0 Å². The molecule has 0 heterocycles. The van der Waals surface area contributed by atoms with Crippen LogP contribution in [-0.4, -0.2) is 18.3 Å². The molecule has 0 saturated carbocycles. The third-order valence-electron chi connectivity index (χ3n) is 2.92. The van der Waals surface area contributed by atoms with Crippen molar-refractivity contribution in [3.8, 4) is 5.75 Å². The fourth-order valence-corrected chi connectivity index (χ4v) is 1.76. The molecular formula is C14H23NO2. The first-order valence-corrected chi connectivity index (χ1v) is 6.12. The maximum Gasteiger partial charge on any atom is 0.119 e. The molecule has 0 aliphatic rings. The lowest BCUT2D eigenvalue weighted by atomic mass is 9.96. The van der Waals surface area contributed by atoms with Crippen LogP contribution in [-0.2, 0) is 0 Å². The van der Waals surface area contributed by atoms with Gasteiger partial charge in [-0.3, -0.25) is 0 Å². The van der Waals surface area contributed by atoms with Gasteiger partial charge < -0.3 is 15.6 Å². The van der Waals surface area contributed by atoms with Crippen LogP contribution in [0, 0.1) is 5.92 Å². The van der Waals surface area contributed by atoms with Crippen LogP contribution in [0.5, 0.6) is 5.75 Å². The molecule has 3 nitrogen and oxygen atoms in total. The molecule has 0 radical (unpaired) electrons. The average Bonchev–Trinajstić information content (AvgIpc) is 2.35. The third-order valence-corrected chi connectivity index (χ3v) is 2.92. The van der Waals surface area contributed by atoms with Gasteiger partial charge in [-0.15, -0.1) is 0 Å². The standard InChI is InChI=1S/C14H23NO2/c1-10(2)7-8-13(15)14(16)11-5-4-6-12(9-11)17-3/h4-6,9-10,13-14,16H,7-8,15H2,1-3H3. The summed E-state index contributed by atoms with van der Waals surface area (Å²) >= 11 is 0. The molecule has 3 N–H and O–H groups in total. The maximum atomic E-state index is 10.1. The lowest BCUT2D eigenvalue weighted by molar-refractivity contribution is 0.139. The minimum Gasteiger partial charge on any atom is -0.497 e. The summed E-state index contributed by atoms with van der Waals surface area (Å²) in [6.45, 7) is 4.31. The second kappa shape index (κ2) is 6.62. The van der Waals surface area contributed by atoms with Crippen molar-refractivity contribution in [2.45, 2.75) is 38.8 Å². The van der Waals surface area contributed by atoms with Crippen LogP contribution in [0.15, 0.2) is 24.3 Å². The van der Waals surface area contributed by atoms with Gasteiger partial charge in [0.25, 0.3) is 0 Å². The van der Waals surface area contributed by atoms with E-state index in [-0.39, 0.29) is 6.04 Å². The fraction of sp³-hybridized carbons (Fsp3) is 0.571. The van der Waals surface area contributed by atoms with Gasteiger partial charge in [-0.25, -0.2) is 0 Å². The van der Waals surface area contributed by atoms with E-state index in [2.05, 4.69) is 13.8 Å². The first kappa shape index (κ1) is 14.0. The smallest absolute Gasteiger partial charge is 0.119 e. The molecule has 17 heavy (non-hydrogen) atoms. The molecule has 0 spiro atoms. The predicted octanol–water partition coefficient (Wildman–Crippen LogP) is 2.49. The lowest BCUT2D eigenvalue weighted by Gasteiger charge is -2.20. The molecule has 2 atom stereocenters. The van der Waals surface area contributed by atoms with E-state index in [9.17, 15) is 5.11 Å². The van der Waals surface area contributed by atoms with E-state index in [4.69, 9.17) is 10.5 Å². The number of benzene rings is 1. The molecule has 96 valence electrons. The second-order valence-corrected chi connectivity index (χ2v) is 4.86. The normalized spacial score (nSPS) is 14.7. The largest absolute Gasteiger partial charge is 0.497 e. The molecule has 3 heteroatoms. The molecular weight excluding hydrogens is 214 g/mol. The summed E-state index contributed by atoms with van der Waals surface area (Å²) in [5.41, 5.74) is 6.82. The highest BCUT2D eigenvalue weighted by atomic mass is 16.5. The second-order valence-electron chi connectivity index (χ2n) is 4.86. The molecule has 0 aromatic heterocycles. The Kier molecular flexibility index (Phi) is 5.45. The first-order valence-electron chi connectivity index (χ1n) is 6.12. The summed E-state index contributed by atoms with van der Waals surface area (Å²) in [7, 11) is 1.62. The number of aliphatic hydroxyl groups is 1. The van der Waals surface area contributed by atoms with Gasteiger partial charge in [0.2, 0.25) is 0 Å². The van der Waals surface area contributed by atoms with Crippen LogP contribution in [0.25, 0.3) is 0 Å². The number of nitrogens with two attached hydrogens (primary N) is 1. The summed E-state index contributed by atoms with van der Waals surface area (Å²) in [5.74, 6) is 1.36. The van der Waals surface area contributed by atoms with Crippen molar-refractivity contribution in [2.24, 2.45) is 11.7 Å². The fourth-order valence-electron chi connectivity index (χ4n) is 1.76. The van der Waals surface area contributed by atoms with Gasteiger partial charge in [0, 0.05) is 6.04 Å². The van der Waals surface area contributed by atoms with Crippen LogP contribution < -0.4 is 10.5 Å². The van der Waals surface area contributed by atoms with Crippen LogP contribution in [0.3, 0.4) is 0 Å². The zero-order valence-electron chi connectivity index (χ0n) is 10.9. The van der Waals surface area contributed by atoms with E-state index in [0.29, 0.717) is 5.92 Å². The van der Waals surface area contributed by atoms with Gasteiger partial charge in [0.1, 0.15) is 5.75 Å². The van der Waals surface area contributed by atoms with Gasteiger partial charge in [0.15, 0.2) is 0 Å². The Morgan fingerprint density at radius 1 is 1.29 bits per heavy atom. The highest BCUT2D eigenvalue weighted by molar-refractivity contribution is 5.30.